The van der Waals surface area contributed by atoms with E-state index < -0.39 is 5.63 Å². The molecule has 5 heteroatoms. The Labute approximate surface area is 106 Å². The van der Waals surface area contributed by atoms with Crippen LogP contribution in [0.15, 0.2) is 45.6 Å². The molecule has 0 unspecified atom stereocenters. The maximum absolute atomic E-state index is 11.5. The van der Waals surface area contributed by atoms with Gasteiger partial charge in [0.05, 0.1) is 0 Å². The molecule has 3 rings (SSSR count). The maximum Gasteiger partial charge on any atom is 0.379 e. The summed E-state index contributed by atoms with van der Waals surface area (Å²) in [4.78, 5) is 21.8. The largest absolute Gasteiger partial charge is 0.507 e. The van der Waals surface area contributed by atoms with Crippen molar-refractivity contribution in [2.45, 2.75) is 0 Å². The number of phenols is 1. The average Bonchev–Trinajstić information content (AvgIpc) is 2.39. The van der Waals surface area contributed by atoms with Crippen LogP contribution in [0.1, 0.15) is 0 Å². The number of carbonyl (C=O) groups is 1. The molecule has 2 aromatic carbocycles. The van der Waals surface area contributed by atoms with Crippen LogP contribution in [0.2, 0.25) is 0 Å². The van der Waals surface area contributed by atoms with E-state index in [1.54, 1.807) is 24.3 Å². The van der Waals surface area contributed by atoms with Crippen molar-refractivity contribution in [2.24, 2.45) is 0 Å². The van der Waals surface area contributed by atoms with E-state index in [-0.39, 0.29) is 18.0 Å². The van der Waals surface area contributed by atoms with Gasteiger partial charge in [-0.3, -0.25) is 4.79 Å². The molecule has 0 amide bonds. The molecule has 0 aliphatic carbocycles. The normalized spacial score (nSPS) is 10.7. The summed E-state index contributed by atoms with van der Waals surface area (Å²) in [6.45, 7) is 0.172. The Kier molecular flexibility index (Phi) is 2.45. The zero-order chi connectivity index (χ0) is 13.4. The molecular weight excluding hydrogens is 248 g/mol. The number of phenolic OH excluding ortho intramolecular Hbond substituents is 1. The van der Waals surface area contributed by atoms with E-state index in [4.69, 9.17) is 4.42 Å². The Hall–Kier alpha value is -2.82. The molecule has 0 saturated carbocycles. The number of benzene rings is 2. The number of rotatable bonds is 2. The monoisotopic (exact) mass is 256 g/mol. The molecule has 0 radical (unpaired) electrons. The van der Waals surface area contributed by atoms with Crippen molar-refractivity contribution in [2.75, 3.05) is 0 Å². The summed E-state index contributed by atoms with van der Waals surface area (Å²) in [6.07, 6.45) is 0. The van der Waals surface area contributed by atoms with Crippen LogP contribution in [0, 0.1) is 0 Å². The minimum atomic E-state index is -0.741. The van der Waals surface area contributed by atoms with Crippen molar-refractivity contribution in [3.8, 4) is 11.5 Å². The third kappa shape index (κ3) is 1.81. The van der Waals surface area contributed by atoms with Gasteiger partial charge in [0, 0.05) is 10.8 Å². The number of fused-ring (bicyclic) bond motifs is 2. The van der Waals surface area contributed by atoms with Crippen LogP contribution in [0.25, 0.3) is 21.7 Å². The zero-order valence-corrected chi connectivity index (χ0v) is 9.62. The van der Waals surface area contributed by atoms with Gasteiger partial charge in [-0.05, 0) is 29.7 Å². The second kappa shape index (κ2) is 4.13. The van der Waals surface area contributed by atoms with Gasteiger partial charge in [-0.2, -0.15) is 0 Å². The predicted octanol–water partition coefficient (Wildman–Crippen LogP) is 2.19. The first-order chi connectivity index (χ1) is 9.19. The minimum Gasteiger partial charge on any atom is -0.507 e. The van der Waals surface area contributed by atoms with Crippen LogP contribution in [-0.2, 0) is 4.79 Å². The Bertz CT molecular complexity index is 847. The first-order valence-electron chi connectivity index (χ1n) is 5.49. The third-order valence-corrected chi connectivity index (χ3v) is 2.85. The maximum atomic E-state index is 11.5. The standard InChI is InChI=1S/C14H8O5/c15-7-18-13-5-9-4-8-2-1-3-11(16)10(8)6-12(9)19-14(13)17/h1-7,16H. The molecule has 5 nitrogen and oxygen atoms in total. The Morgan fingerprint density at radius 2 is 2.00 bits per heavy atom. The first-order valence-corrected chi connectivity index (χ1v) is 5.49. The number of aromatic hydroxyl groups is 1. The van der Waals surface area contributed by atoms with Crippen molar-refractivity contribution in [1.29, 1.82) is 0 Å². The lowest BCUT2D eigenvalue weighted by Crippen LogP contribution is -2.04. The van der Waals surface area contributed by atoms with E-state index in [2.05, 4.69) is 4.74 Å². The van der Waals surface area contributed by atoms with E-state index in [9.17, 15) is 14.7 Å². The van der Waals surface area contributed by atoms with Crippen LogP contribution in [-0.4, -0.2) is 11.6 Å². The highest BCUT2D eigenvalue weighted by molar-refractivity contribution is 5.98. The van der Waals surface area contributed by atoms with Crippen LogP contribution >= 0.6 is 0 Å². The second-order valence-electron chi connectivity index (χ2n) is 4.00. The molecule has 19 heavy (non-hydrogen) atoms. The van der Waals surface area contributed by atoms with Crippen molar-refractivity contribution >= 4 is 28.2 Å². The minimum absolute atomic E-state index is 0.107. The van der Waals surface area contributed by atoms with Gasteiger partial charge in [-0.15, -0.1) is 0 Å². The number of carbonyl (C=O) groups excluding carboxylic acids is 1. The number of ether oxygens (including phenoxy) is 1. The summed E-state index contributed by atoms with van der Waals surface area (Å²) >= 11 is 0. The van der Waals surface area contributed by atoms with Gasteiger partial charge in [0.1, 0.15) is 11.3 Å². The predicted molar refractivity (Wildman–Crippen MR) is 68.3 cm³/mol. The molecule has 0 atom stereocenters. The molecular formula is C14H8O5. The smallest absolute Gasteiger partial charge is 0.379 e. The molecule has 94 valence electrons. The first kappa shape index (κ1) is 11.3. The molecule has 0 bridgehead atoms. The highest BCUT2D eigenvalue weighted by Gasteiger charge is 2.08. The van der Waals surface area contributed by atoms with E-state index in [1.165, 1.54) is 6.07 Å². The van der Waals surface area contributed by atoms with Gasteiger partial charge in [0.15, 0.2) is 0 Å². The molecule has 0 aliphatic rings. The molecule has 0 fully saturated rings. The van der Waals surface area contributed by atoms with E-state index in [1.807, 2.05) is 6.07 Å². The van der Waals surface area contributed by atoms with Gasteiger partial charge in [-0.1, -0.05) is 12.1 Å². The molecule has 1 heterocycles. The third-order valence-electron chi connectivity index (χ3n) is 2.85. The lowest BCUT2D eigenvalue weighted by molar-refractivity contribution is -0.120. The highest BCUT2D eigenvalue weighted by atomic mass is 16.5. The van der Waals surface area contributed by atoms with Gasteiger partial charge >= 0.3 is 5.63 Å². The van der Waals surface area contributed by atoms with Crippen molar-refractivity contribution in [3.05, 3.63) is 46.8 Å². The average molecular weight is 256 g/mol. The molecule has 1 N–H and O–H groups in total. The fourth-order valence-corrected chi connectivity index (χ4v) is 1.99. The Balaban J connectivity index is 2.38. The lowest BCUT2D eigenvalue weighted by Gasteiger charge is -2.04. The number of hydrogen-bond acceptors (Lipinski definition) is 5. The van der Waals surface area contributed by atoms with E-state index in [0.717, 1.165) is 5.39 Å². The topological polar surface area (TPSA) is 76.7 Å². The highest BCUT2D eigenvalue weighted by Crippen LogP contribution is 2.29. The Morgan fingerprint density at radius 3 is 2.79 bits per heavy atom. The fourth-order valence-electron chi connectivity index (χ4n) is 1.99. The van der Waals surface area contributed by atoms with Crippen molar-refractivity contribution in [1.82, 2.24) is 0 Å². The summed E-state index contributed by atoms with van der Waals surface area (Å²) in [5, 5.41) is 11.7. The summed E-state index contributed by atoms with van der Waals surface area (Å²) in [5.41, 5.74) is -0.424. The van der Waals surface area contributed by atoms with Crippen LogP contribution in [0.5, 0.6) is 11.5 Å². The summed E-state index contributed by atoms with van der Waals surface area (Å²) in [5.74, 6) is -0.0581. The lowest BCUT2D eigenvalue weighted by atomic mass is 10.1. The SMILES string of the molecule is O=COc1cc2cc3cccc(O)c3cc2oc1=O. The van der Waals surface area contributed by atoms with Crippen molar-refractivity contribution in [3.63, 3.8) is 0 Å². The van der Waals surface area contributed by atoms with Crippen LogP contribution in [0.3, 0.4) is 0 Å². The number of hydrogen-bond donors (Lipinski definition) is 1. The molecule has 3 aromatic rings. The van der Waals surface area contributed by atoms with Crippen molar-refractivity contribution < 1.29 is 19.1 Å². The van der Waals surface area contributed by atoms with Gasteiger partial charge in [0.25, 0.3) is 6.47 Å². The molecule has 0 spiro atoms. The fraction of sp³-hybridized carbons (Fsp3) is 0. The quantitative estimate of drug-likeness (QED) is 0.432. The summed E-state index contributed by atoms with van der Waals surface area (Å²) < 4.78 is 9.60. The molecule has 0 saturated heterocycles. The second-order valence-corrected chi connectivity index (χ2v) is 4.00. The summed E-state index contributed by atoms with van der Waals surface area (Å²) in [6, 6.07) is 9.83. The van der Waals surface area contributed by atoms with Crippen LogP contribution < -0.4 is 10.4 Å². The molecule has 1 aromatic heterocycles. The molecule has 0 aliphatic heterocycles. The van der Waals surface area contributed by atoms with Crippen LogP contribution in [0.4, 0.5) is 0 Å². The van der Waals surface area contributed by atoms with Gasteiger partial charge < -0.3 is 14.3 Å². The van der Waals surface area contributed by atoms with E-state index in [0.29, 0.717) is 16.4 Å². The zero-order valence-electron chi connectivity index (χ0n) is 9.62. The summed E-state index contributed by atoms with van der Waals surface area (Å²) in [7, 11) is 0. The van der Waals surface area contributed by atoms with Gasteiger partial charge in [-0.25, -0.2) is 4.79 Å². The van der Waals surface area contributed by atoms with Gasteiger partial charge in [0.2, 0.25) is 5.75 Å². The Morgan fingerprint density at radius 1 is 1.16 bits per heavy atom. The van der Waals surface area contributed by atoms with E-state index >= 15 is 0 Å².